The Bertz CT molecular complexity index is 734. The lowest BCUT2D eigenvalue weighted by Gasteiger charge is -2.28. The number of hydrogen-bond acceptors (Lipinski definition) is 4. The molecule has 1 aliphatic heterocycles. The van der Waals surface area contributed by atoms with Crippen molar-refractivity contribution in [1.82, 2.24) is 4.98 Å². The van der Waals surface area contributed by atoms with Crippen molar-refractivity contribution in [2.75, 3.05) is 25.1 Å². The molecule has 1 aromatic carbocycles. The van der Waals surface area contributed by atoms with Gasteiger partial charge in [-0.05, 0) is 31.4 Å². The lowest BCUT2D eigenvalue weighted by atomic mass is 10.1. The molecular weight excluding hydrogens is 321 g/mol. The number of rotatable bonds is 4. The van der Waals surface area contributed by atoms with Crippen LogP contribution in [-0.4, -0.2) is 25.2 Å². The standard InChI is InChI=1S/C17H17F3N2O2/c1-23-11-7-3-4-8-12(11)24-15-13(18)16(20)21-17(14(15)19)22-9-5-2-6-10-22/h3-4,7-8H,2,5-6,9-10H2,1H3. The Morgan fingerprint density at radius 2 is 1.62 bits per heavy atom. The van der Waals surface area contributed by atoms with E-state index >= 15 is 0 Å². The quantitative estimate of drug-likeness (QED) is 0.779. The van der Waals surface area contributed by atoms with E-state index in [4.69, 9.17) is 9.47 Å². The van der Waals surface area contributed by atoms with Crippen LogP contribution >= 0.6 is 0 Å². The van der Waals surface area contributed by atoms with Crippen molar-refractivity contribution in [3.05, 3.63) is 41.8 Å². The first-order chi connectivity index (χ1) is 11.6. The topological polar surface area (TPSA) is 34.6 Å². The molecule has 1 saturated heterocycles. The van der Waals surface area contributed by atoms with Crippen molar-refractivity contribution in [2.45, 2.75) is 19.3 Å². The number of ether oxygens (including phenoxy) is 2. The number of anilines is 1. The van der Waals surface area contributed by atoms with Gasteiger partial charge in [-0.25, -0.2) is 0 Å². The van der Waals surface area contributed by atoms with Crippen molar-refractivity contribution in [1.29, 1.82) is 0 Å². The zero-order valence-corrected chi connectivity index (χ0v) is 13.2. The van der Waals surface area contributed by atoms with E-state index in [-0.39, 0.29) is 17.3 Å². The maximum absolute atomic E-state index is 14.7. The van der Waals surface area contributed by atoms with Crippen LogP contribution in [0.25, 0.3) is 0 Å². The molecule has 0 saturated carbocycles. The summed E-state index contributed by atoms with van der Waals surface area (Å²) in [5.41, 5.74) is 0. The maximum Gasteiger partial charge on any atom is 0.255 e. The van der Waals surface area contributed by atoms with E-state index in [0.29, 0.717) is 13.1 Å². The van der Waals surface area contributed by atoms with E-state index in [1.54, 1.807) is 23.1 Å². The third kappa shape index (κ3) is 3.11. The van der Waals surface area contributed by atoms with Crippen molar-refractivity contribution in [2.24, 2.45) is 0 Å². The molecule has 0 N–H and O–H groups in total. The van der Waals surface area contributed by atoms with Crippen LogP contribution in [0.5, 0.6) is 17.2 Å². The molecule has 0 atom stereocenters. The summed E-state index contributed by atoms with van der Waals surface area (Å²) in [6.45, 7) is 1.09. The fraction of sp³-hybridized carbons (Fsp3) is 0.353. The fourth-order valence-corrected chi connectivity index (χ4v) is 2.70. The Hall–Kier alpha value is -2.44. The summed E-state index contributed by atoms with van der Waals surface area (Å²) in [5, 5.41) is 0. The summed E-state index contributed by atoms with van der Waals surface area (Å²) in [4.78, 5) is 5.05. The van der Waals surface area contributed by atoms with Gasteiger partial charge in [0.2, 0.25) is 17.4 Å². The minimum absolute atomic E-state index is 0.0907. The van der Waals surface area contributed by atoms with Gasteiger partial charge in [0.25, 0.3) is 5.95 Å². The Morgan fingerprint density at radius 3 is 2.29 bits per heavy atom. The first kappa shape index (κ1) is 16.4. The van der Waals surface area contributed by atoms with Crippen molar-refractivity contribution in [3.8, 4) is 17.2 Å². The van der Waals surface area contributed by atoms with Crippen LogP contribution in [0.3, 0.4) is 0 Å². The third-order valence-electron chi connectivity index (χ3n) is 3.92. The molecule has 1 aliphatic rings. The minimum Gasteiger partial charge on any atom is -0.493 e. The third-order valence-corrected chi connectivity index (χ3v) is 3.92. The molecule has 0 unspecified atom stereocenters. The molecule has 7 heteroatoms. The molecule has 0 spiro atoms. The summed E-state index contributed by atoms with van der Waals surface area (Å²) in [6, 6.07) is 6.37. The second-order valence-electron chi connectivity index (χ2n) is 5.48. The summed E-state index contributed by atoms with van der Waals surface area (Å²) >= 11 is 0. The van der Waals surface area contributed by atoms with Crippen LogP contribution in [-0.2, 0) is 0 Å². The highest BCUT2D eigenvalue weighted by Gasteiger charge is 2.27. The van der Waals surface area contributed by atoms with Crippen molar-refractivity contribution in [3.63, 3.8) is 0 Å². The predicted octanol–water partition coefficient (Wildman–Crippen LogP) is 4.29. The predicted molar refractivity (Wildman–Crippen MR) is 83.2 cm³/mol. The van der Waals surface area contributed by atoms with Gasteiger partial charge in [-0.15, -0.1) is 0 Å². The second-order valence-corrected chi connectivity index (χ2v) is 5.48. The molecule has 128 valence electrons. The SMILES string of the molecule is COc1ccccc1Oc1c(F)c(F)nc(N2CCCCC2)c1F. The van der Waals surface area contributed by atoms with Crippen LogP contribution in [0.4, 0.5) is 19.0 Å². The highest BCUT2D eigenvalue weighted by Crippen LogP contribution is 2.37. The van der Waals surface area contributed by atoms with Gasteiger partial charge in [-0.3, -0.25) is 0 Å². The summed E-state index contributed by atoms with van der Waals surface area (Å²) < 4.78 is 53.1. The average Bonchev–Trinajstić information content (AvgIpc) is 2.63. The Morgan fingerprint density at radius 1 is 0.958 bits per heavy atom. The first-order valence-electron chi connectivity index (χ1n) is 7.72. The number of methoxy groups -OCH3 is 1. The number of benzene rings is 1. The Kier molecular flexibility index (Phi) is 4.78. The van der Waals surface area contributed by atoms with Gasteiger partial charge in [0.15, 0.2) is 17.3 Å². The molecule has 0 bridgehead atoms. The summed E-state index contributed by atoms with van der Waals surface area (Å²) in [5.74, 6) is -4.52. The normalized spacial score (nSPS) is 14.6. The van der Waals surface area contributed by atoms with Crippen molar-refractivity contribution < 1.29 is 22.6 Å². The van der Waals surface area contributed by atoms with Crippen LogP contribution in [0.15, 0.2) is 24.3 Å². The number of hydrogen-bond donors (Lipinski definition) is 0. The fourth-order valence-electron chi connectivity index (χ4n) is 2.70. The van der Waals surface area contributed by atoms with E-state index in [2.05, 4.69) is 4.98 Å². The Labute approximate surface area is 137 Å². The lowest BCUT2D eigenvalue weighted by molar-refractivity contribution is 0.346. The molecule has 2 heterocycles. The smallest absolute Gasteiger partial charge is 0.255 e. The number of nitrogens with zero attached hydrogens (tertiary/aromatic N) is 2. The van der Waals surface area contributed by atoms with Crippen LogP contribution in [0, 0.1) is 17.6 Å². The number of aromatic nitrogens is 1. The molecule has 1 aromatic heterocycles. The number of para-hydroxylation sites is 2. The first-order valence-corrected chi connectivity index (χ1v) is 7.72. The van der Waals surface area contributed by atoms with Crippen molar-refractivity contribution >= 4 is 5.82 Å². The van der Waals surface area contributed by atoms with Gasteiger partial charge in [-0.1, -0.05) is 12.1 Å². The molecular formula is C17H17F3N2O2. The van der Waals surface area contributed by atoms with E-state index in [9.17, 15) is 13.2 Å². The molecule has 24 heavy (non-hydrogen) atoms. The van der Waals surface area contributed by atoms with Gasteiger partial charge >= 0.3 is 0 Å². The van der Waals surface area contributed by atoms with Gasteiger partial charge in [-0.2, -0.15) is 18.2 Å². The van der Waals surface area contributed by atoms with Gasteiger partial charge in [0, 0.05) is 13.1 Å². The van der Waals surface area contributed by atoms with Crippen LogP contribution in [0.1, 0.15) is 19.3 Å². The minimum atomic E-state index is -1.46. The highest BCUT2D eigenvalue weighted by atomic mass is 19.2. The average molecular weight is 338 g/mol. The number of pyridine rings is 1. The number of piperidine rings is 1. The molecule has 1 fully saturated rings. The number of halogens is 3. The zero-order chi connectivity index (χ0) is 17.1. The van der Waals surface area contributed by atoms with E-state index in [1.807, 2.05) is 0 Å². The van der Waals surface area contributed by atoms with E-state index in [0.717, 1.165) is 19.3 Å². The maximum atomic E-state index is 14.7. The Balaban J connectivity index is 2.01. The summed E-state index contributed by atoms with van der Waals surface area (Å²) in [7, 11) is 1.40. The second kappa shape index (κ2) is 6.98. The van der Waals surface area contributed by atoms with Crippen LogP contribution < -0.4 is 14.4 Å². The largest absolute Gasteiger partial charge is 0.493 e. The lowest BCUT2D eigenvalue weighted by Crippen LogP contribution is -2.31. The monoisotopic (exact) mass is 338 g/mol. The van der Waals surface area contributed by atoms with Gasteiger partial charge in [0.05, 0.1) is 7.11 Å². The molecule has 0 aliphatic carbocycles. The molecule has 3 rings (SSSR count). The summed E-state index contributed by atoms with van der Waals surface area (Å²) in [6.07, 6.45) is 2.72. The molecule has 0 amide bonds. The van der Waals surface area contributed by atoms with Gasteiger partial charge < -0.3 is 14.4 Å². The molecule has 4 nitrogen and oxygen atoms in total. The highest BCUT2D eigenvalue weighted by molar-refractivity contribution is 5.50. The van der Waals surface area contributed by atoms with E-state index < -0.39 is 23.3 Å². The van der Waals surface area contributed by atoms with Gasteiger partial charge in [0.1, 0.15) is 0 Å². The van der Waals surface area contributed by atoms with Crippen LogP contribution in [0.2, 0.25) is 0 Å². The van der Waals surface area contributed by atoms with E-state index in [1.165, 1.54) is 13.2 Å². The molecule has 2 aromatic rings. The zero-order valence-electron chi connectivity index (χ0n) is 13.2. The molecule has 0 radical (unpaired) electrons.